The lowest BCUT2D eigenvalue weighted by molar-refractivity contribution is 0.00613. The average molecular weight is 214 g/mol. The van der Waals surface area contributed by atoms with Gasteiger partial charge >= 0.3 is 0 Å². The molecule has 0 saturated heterocycles. The molecule has 1 atom stereocenters. The van der Waals surface area contributed by atoms with Crippen LogP contribution in [0, 0.1) is 0 Å². The Morgan fingerprint density at radius 1 is 1.60 bits per heavy atom. The van der Waals surface area contributed by atoms with Crippen LogP contribution in [0.15, 0.2) is 16.8 Å². The van der Waals surface area contributed by atoms with E-state index < -0.39 is 6.10 Å². The maximum atomic E-state index is 9.49. The zero-order valence-electron chi connectivity index (χ0n) is 9.14. The van der Waals surface area contributed by atoms with Crippen LogP contribution in [0.4, 0.5) is 0 Å². The van der Waals surface area contributed by atoms with Crippen molar-refractivity contribution < 1.29 is 14.4 Å². The van der Waals surface area contributed by atoms with Gasteiger partial charge in [0.15, 0.2) is 0 Å². The van der Waals surface area contributed by atoms with Gasteiger partial charge in [0, 0.05) is 12.6 Å². The third-order valence-electron chi connectivity index (χ3n) is 1.79. The summed E-state index contributed by atoms with van der Waals surface area (Å²) in [6.07, 6.45) is 1.25. The van der Waals surface area contributed by atoms with E-state index in [-0.39, 0.29) is 6.10 Å². The summed E-state index contributed by atoms with van der Waals surface area (Å²) in [4.78, 5) is 0. The standard InChI is InChI=1S/C10H18N2O3/c1-8(2)14-7-9(13)5-11-6-10-3-4-12-15-10/h3-4,8-9,11,13H,5-7H2,1-2H3. The second kappa shape index (κ2) is 6.55. The van der Waals surface area contributed by atoms with Crippen LogP contribution in [0.3, 0.4) is 0 Å². The van der Waals surface area contributed by atoms with Crippen molar-refractivity contribution >= 4 is 0 Å². The maximum absolute atomic E-state index is 9.49. The molecule has 0 spiro atoms. The number of hydrogen-bond donors (Lipinski definition) is 2. The molecule has 0 aliphatic rings. The molecule has 0 aliphatic carbocycles. The molecule has 1 rings (SSSR count). The van der Waals surface area contributed by atoms with E-state index in [9.17, 15) is 5.11 Å². The van der Waals surface area contributed by atoms with Gasteiger partial charge in [0.05, 0.1) is 31.6 Å². The summed E-state index contributed by atoms with van der Waals surface area (Å²) < 4.78 is 10.2. The molecule has 5 heteroatoms. The molecule has 1 aromatic rings. The molecule has 15 heavy (non-hydrogen) atoms. The Balaban J connectivity index is 2.04. The summed E-state index contributed by atoms with van der Waals surface area (Å²) in [5.41, 5.74) is 0. The third kappa shape index (κ3) is 5.51. The van der Waals surface area contributed by atoms with Crippen molar-refractivity contribution in [2.24, 2.45) is 0 Å². The van der Waals surface area contributed by atoms with E-state index in [0.29, 0.717) is 19.7 Å². The van der Waals surface area contributed by atoms with Crippen molar-refractivity contribution in [2.45, 2.75) is 32.6 Å². The van der Waals surface area contributed by atoms with Gasteiger partial charge in [0.1, 0.15) is 5.76 Å². The molecule has 0 bridgehead atoms. The first-order valence-corrected chi connectivity index (χ1v) is 5.08. The first-order valence-electron chi connectivity index (χ1n) is 5.08. The van der Waals surface area contributed by atoms with E-state index in [1.165, 1.54) is 0 Å². The van der Waals surface area contributed by atoms with Gasteiger partial charge in [-0.05, 0) is 13.8 Å². The molecular weight excluding hydrogens is 196 g/mol. The molecule has 0 fully saturated rings. The normalized spacial score (nSPS) is 13.3. The predicted molar refractivity (Wildman–Crippen MR) is 55.3 cm³/mol. The molecule has 0 amide bonds. The van der Waals surface area contributed by atoms with Crippen molar-refractivity contribution in [3.8, 4) is 0 Å². The molecule has 0 aromatic carbocycles. The summed E-state index contributed by atoms with van der Waals surface area (Å²) >= 11 is 0. The zero-order chi connectivity index (χ0) is 11.1. The molecular formula is C10H18N2O3. The fourth-order valence-corrected chi connectivity index (χ4v) is 1.06. The molecule has 1 aromatic heterocycles. The Morgan fingerprint density at radius 2 is 2.40 bits per heavy atom. The van der Waals surface area contributed by atoms with Crippen molar-refractivity contribution in [3.05, 3.63) is 18.0 Å². The number of aromatic nitrogens is 1. The zero-order valence-corrected chi connectivity index (χ0v) is 9.14. The lowest BCUT2D eigenvalue weighted by Crippen LogP contribution is -2.30. The first kappa shape index (κ1) is 12.2. The van der Waals surface area contributed by atoms with Gasteiger partial charge < -0.3 is 19.7 Å². The van der Waals surface area contributed by atoms with Gasteiger partial charge in [-0.15, -0.1) is 0 Å². The topological polar surface area (TPSA) is 67.5 Å². The second-order valence-corrected chi connectivity index (χ2v) is 3.65. The fraction of sp³-hybridized carbons (Fsp3) is 0.700. The Morgan fingerprint density at radius 3 is 3.00 bits per heavy atom. The second-order valence-electron chi connectivity index (χ2n) is 3.65. The summed E-state index contributed by atoms with van der Waals surface area (Å²) in [5.74, 6) is 0.756. The minimum atomic E-state index is -0.490. The lowest BCUT2D eigenvalue weighted by Gasteiger charge is -2.13. The van der Waals surface area contributed by atoms with Crippen molar-refractivity contribution in [1.29, 1.82) is 0 Å². The van der Waals surface area contributed by atoms with Crippen LogP contribution in [-0.2, 0) is 11.3 Å². The van der Waals surface area contributed by atoms with E-state index in [2.05, 4.69) is 10.5 Å². The quantitative estimate of drug-likeness (QED) is 0.693. The highest BCUT2D eigenvalue weighted by atomic mass is 16.5. The van der Waals surface area contributed by atoms with Gasteiger partial charge in [-0.2, -0.15) is 0 Å². The van der Waals surface area contributed by atoms with Crippen LogP contribution in [-0.4, -0.2) is 35.6 Å². The van der Waals surface area contributed by atoms with E-state index >= 15 is 0 Å². The Hall–Kier alpha value is -0.910. The monoisotopic (exact) mass is 214 g/mol. The van der Waals surface area contributed by atoms with Crippen molar-refractivity contribution in [3.63, 3.8) is 0 Å². The maximum Gasteiger partial charge on any atom is 0.150 e. The van der Waals surface area contributed by atoms with E-state index in [1.54, 1.807) is 12.3 Å². The summed E-state index contributed by atoms with van der Waals surface area (Å²) in [7, 11) is 0. The van der Waals surface area contributed by atoms with Crippen LogP contribution in [0.25, 0.3) is 0 Å². The number of aliphatic hydroxyl groups is 1. The molecule has 0 saturated carbocycles. The first-order chi connectivity index (χ1) is 7.18. The minimum Gasteiger partial charge on any atom is -0.389 e. The van der Waals surface area contributed by atoms with Gasteiger partial charge in [0.25, 0.3) is 0 Å². The fourth-order valence-electron chi connectivity index (χ4n) is 1.06. The number of hydrogen-bond acceptors (Lipinski definition) is 5. The van der Waals surface area contributed by atoms with Gasteiger partial charge in [-0.3, -0.25) is 0 Å². The van der Waals surface area contributed by atoms with Crippen LogP contribution in [0.2, 0.25) is 0 Å². The van der Waals surface area contributed by atoms with Gasteiger partial charge in [0.2, 0.25) is 0 Å². The molecule has 0 radical (unpaired) electrons. The van der Waals surface area contributed by atoms with E-state index in [4.69, 9.17) is 9.26 Å². The van der Waals surface area contributed by atoms with Crippen LogP contribution < -0.4 is 5.32 Å². The molecule has 1 unspecified atom stereocenters. The number of nitrogens with zero attached hydrogens (tertiary/aromatic N) is 1. The Labute approximate surface area is 89.4 Å². The Kier molecular flexibility index (Phi) is 5.31. The van der Waals surface area contributed by atoms with Crippen LogP contribution >= 0.6 is 0 Å². The Bertz CT molecular complexity index is 249. The van der Waals surface area contributed by atoms with E-state index in [0.717, 1.165) is 5.76 Å². The van der Waals surface area contributed by atoms with Crippen molar-refractivity contribution in [1.82, 2.24) is 10.5 Å². The number of rotatable bonds is 7. The molecule has 86 valence electrons. The van der Waals surface area contributed by atoms with Gasteiger partial charge in [-0.25, -0.2) is 0 Å². The predicted octanol–water partition coefficient (Wildman–Crippen LogP) is 0.550. The molecule has 1 heterocycles. The molecule has 0 aliphatic heterocycles. The number of nitrogens with one attached hydrogen (secondary N) is 1. The minimum absolute atomic E-state index is 0.147. The largest absolute Gasteiger partial charge is 0.389 e. The smallest absolute Gasteiger partial charge is 0.150 e. The lowest BCUT2D eigenvalue weighted by atomic mass is 10.3. The summed E-state index contributed by atoms with van der Waals surface area (Å²) in [6, 6.07) is 1.78. The van der Waals surface area contributed by atoms with Crippen LogP contribution in [0.5, 0.6) is 0 Å². The van der Waals surface area contributed by atoms with Gasteiger partial charge in [-0.1, -0.05) is 5.16 Å². The number of ether oxygens (including phenoxy) is 1. The molecule has 5 nitrogen and oxygen atoms in total. The SMILES string of the molecule is CC(C)OCC(O)CNCc1ccno1. The highest BCUT2D eigenvalue weighted by Gasteiger charge is 2.05. The number of aliphatic hydroxyl groups excluding tert-OH is 1. The van der Waals surface area contributed by atoms with Crippen molar-refractivity contribution in [2.75, 3.05) is 13.2 Å². The van der Waals surface area contributed by atoms with E-state index in [1.807, 2.05) is 13.8 Å². The van der Waals surface area contributed by atoms with Crippen LogP contribution in [0.1, 0.15) is 19.6 Å². The highest BCUT2D eigenvalue weighted by molar-refractivity contribution is 4.91. The summed E-state index contributed by atoms with van der Waals surface area (Å²) in [5, 5.41) is 16.1. The molecule has 2 N–H and O–H groups in total. The summed E-state index contributed by atoms with van der Waals surface area (Å²) in [6.45, 7) is 5.27. The average Bonchev–Trinajstić information content (AvgIpc) is 2.67. The highest BCUT2D eigenvalue weighted by Crippen LogP contribution is 1.95. The third-order valence-corrected chi connectivity index (χ3v) is 1.79.